The van der Waals surface area contributed by atoms with Gasteiger partial charge < -0.3 is 23.9 Å². The van der Waals surface area contributed by atoms with Crippen molar-refractivity contribution in [3.05, 3.63) is 88.4 Å². The summed E-state index contributed by atoms with van der Waals surface area (Å²) in [5.41, 5.74) is 2.82. The van der Waals surface area contributed by atoms with Gasteiger partial charge in [0.2, 0.25) is 0 Å². The van der Waals surface area contributed by atoms with Gasteiger partial charge in [0.05, 0.1) is 31.6 Å². The van der Waals surface area contributed by atoms with Crippen molar-refractivity contribution >= 4 is 17.4 Å². The van der Waals surface area contributed by atoms with E-state index in [4.69, 9.17) is 13.9 Å². The van der Waals surface area contributed by atoms with Crippen LogP contribution in [0.5, 0.6) is 11.5 Å². The number of aliphatic hydroxyl groups excluding tert-OH is 1. The van der Waals surface area contributed by atoms with Crippen molar-refractivity contribution in [2.75, 3.05) is 14.2 Å². The third kappa shape index (κ3) is 3.98. The molecule has 0 spiro atoms. The summed E-state index contributed by atoms with van der Waals surface area (Å²) in [6, 6.07) is 13.4. The summed E-state index contributed by atoms with van der Waals surface area (Å²) in [5.74, 6) is -0.271. The van der Waals surface area contributed by atoms with E-state index >= 15 is 0 Å². The third-order valence-corrected chi connectivity index (χ3v) is 5.74. The minimum atomic E-state index is -0.882. The van der Waals surface area contributed by atoms with Gasteiger partial charge in [0.25, 0.3) is 11.7 Å². The van der Waals surface area contributed by atoms with E-state index in [1.165, 1.54) is 18.3 Å². The molecule has 1 unspecified atom stereocenters. The molecule has 1 aliphatic rings. The summed E-state index contributed by atoms with van der Waals surface area (Å²) in [6.45, 7) is 3.89. The van der Waals surface area contributed by atoms with Crippen molar-refractivity contribution in [1.82, 2.24) is 4.90 Å². The molecule has 1 N–H and O–H groups in total. The Morgan fingerprint density at radius 3 is 2.39 bits per heavy atom. The first-order valence-corrected chi connectivity index (χ1v) is 10.5. The predicted octanol–water partition coefficient (Wildman–Crippen LogP) is 4.54. The maximum absolute atomic E-state index is 13.2. The van der Waals surface area contributed by atoms with Crippen molar-refractivity contribution < 1.29 is 28.6 Å². The molecule has 33 heavy (non-hydrogen) atoms. The lowest BCUT2D eigenvalue weighted by atomic mass is 9.96. The highest BCUT2D eigenvalue weighted by atomic mass is 16.5. The molecule has 2 heterocycles. The molecule has 1 aliphatic heterocycles. The van der Waals surface area contributed by atoms with Crippen molar-refractivity contribution in [2.45, 2.75) is 26.4 Å². The molecule has 170 valence electrons. The van der Waals surface area contributed by atoms with Crippen LogP contribution in [0.3, 0.4) is 0 Å². The fraction of sp³-hybridized carbons (Fsp3) is 0.231. The van der Waals surface area contributed by atoms with Crippen LogP contribution in [-0.2, 0) is 16.1 Å². The number of likely N-dealkylation sites (tertiary alicyclic amines) is 1. The summed E-state index contributed by atoms with van der Waals surface area (Å²) >= 11 is 0. The topological polar surface area (TPSA) is 89.2 Å². The van der Waals surface area contributed by atoms with Crippen molar-refractivity contribution in [3.8, 4) is 11.5 Å². The van der Waals surface area contributed by atoms with Crippen LogP contribution in [0.1, 0.15) is 34.1 Å². The number of methoxy groups -OCH3 is 2. The molecule has 1 saturated heterocycles. The van der Waals surface area contributed by atoms with Gasteiger partial charge in [0, 0.05) is 6.54 Å². The van der Waals surface area contributed by atoms with Gasteiger partial charge >= 0.3 is 0 Å². The summed E-state index contributed by atoms with van der Waals surface area (Å²) in [5, 5.41) is 11.3. The lowest BCUT2D eigenvalue weighted by Crippen LogP contribution is -2.29. The van der Waals surface area contributed by atoms with Crippen LogP contribution in [0, 0.1) is 13.8 Å². The van der Waals surface area contributed by atoms with E-state index < -0.39 is 17.7 Å². The van der Waals surface area contributed by atoms with Gasteiger partial charge in [0.15, 0.2) is 0 Å². The van der Waals surface area contributed by atoms with E-state index in [0.717, 1.165) is 16.7 Å². The number of aryl methyl sites for hydroxylation is 2. The molecule has 3 aromatic rings. The zero-order valence-corrected chi connectivity index (χ0v) is 18.9. The minimum absolute atomic E-state index is 0.0354. The highest BCUT2D eigenvalue weighted by Crippen LogP contribution is 2.42. The summed E-state index contributed by atoms with van der Waals surface area (Å²) < 4.78 is 16.3. The second kappa shape index (κ2) is 8.86. The molecule has 4 rings (SSSR count). The van der Waals surface area contributed by atoms with Gasteiger partial charge in [-0.25, -0.2) is 0 Å². The number of furan rings is 1. The molecule has 0 saturated carbocycles. The Morgan fingerprint density at radius 2 is 1.79 bits per heavy atom. The molecule has 0 bridgehead atoms. The molecular formula is C26H25NO6. The summed E-state index contributed by atoms with van der Waals surface area (Å²) in [4.78, 5) is 27.7. The van der Waals surface area contributed by atoms with Gasteiger partial charge in [-0.05, 0) is 60.9 Å². The molecule has 0 radical (unpaired) electrons. The molecule has 2 aromatic carbocycles. The number of benzene rings is 2. The first kappa shape index (κ1) is 22.2. The monoisotopic (exact) mass is 447 g/mol. The Bertz CT molecular complexity index is 1220. The van der Waals surface area contributed by atoms with Crippen LogP contribution in [0.25, 0.3) is 5.76 Å². The number of aliphatic hydroxyl groups is 1. The van der Waals surface area contributed by atoms with Gasteiger partial charge in [0.1, 0.15) is 29.1 Å². The average Bonchev–Trinajstić information content (AvgIpc) is 3.41. The molecule has 7 heteroatoms. The number of ketones is 1. The Labute approximate surface area is 191 Å². The zero-order chi connectivity index (χ0) is 23.7. The van der Waals surface area contributed by atoms with Crippen molar-refractivity contribution in [3.63, 3.8) is 0 Å². The van der Waals surface area contributed by atoms with Crippen LogP contribution in [0.4, 0.5) is 0 Å². The number of carbonyl (C=O) groups excluding carboxylic acids is 2. The molecule has 1 amide bonds. The Kier molecular flexibility index (Phi) is 5.96. The second-order valence-electron chi connectivity index (χ2n) is 7.95. The van der Waals surface area contributed by atoms with Gasteiger partial charge in [-0.15, -0.1) is 0 Å². The number of amides is 1. The van der Waals surface area contributed by atoms with E-state index in [-0.39, 0.29) is 17.9 Å². The summed E-state index contributed by atoms with van der Waals surface area (Å²) in [6.07, 6.45) is 1.47. The van der Waals surface area contributed by atoms with Crippen LogP contribution >= 0.6 is 0 Å². The van der Waals surface area contributed by atoms with Crippen molar-refractivity contribution in [2.24, 2.45) is 0 Å². The molecule has 1 atom stereocenters. The highest BCUT2D eigenvalue weighted by Gasteiger charge is 2.47. The lowest BCUT2D eigenvalue weighted by Gasteiger charge is -2.23. The normalized spacial score (nSPS) is 17.5. The maximum atomic E-state index is 13.2. The Hall–Kier alpha value is -4.00. The molecular weight excluding hydrogens is 422 g/mol. The maximum Gasteiger partial charge on any atom is 0.296 e. The number of Topliss-reactive ketones (excluding diaryl/α,β-unsaturated/α-hetero) is 1. The Morgan fingerprint density at radius 1 is 1.06 bits per heavy atom. The van der Waals surface area contributed by atoms with E-state index in [0.29, 0.717) is 22.8 Å². The van der Waals surface area contributed by atoms with Crippen LogP contribution < -0.4 is 9.47 Å². The number of carbonyl (C=O) groups is 2. The van der Waals surface area contributed by atoms with Crippen LogP contribution in [0.2, 0.25) is 0 Å². The number of nitrogens with zero attached hydrogens (tertiary/aromatic N) is 1. The SMILES string of the molecule is COc1ccc(CN2C(=O)C(=O)/C(=C(\O)c3cc(C)cc(C)c3OC)C2c2ccco2)cc1. The highest BCUT2D eigenvalue weighted by molar-refractivity contribution is 6.46. The minimum Gasteiger partial charge on any atom is -0.507 e. The number of hydrogen-bond donors (Lipinski definition) is 1. The number of ether oxygens (including phenoxy) is 2. The number of hydrogen-bond acceptors (Lipinski definition) is 6. The first-order chi connectivity index (χ1) is 15.8. The fourth-order valence-corrected chi connectivity index (χ4v) is 4.26. The predicted molar refractivity (Wildman–Crippen MR) is 122 cm³/mol. The van der Waals surface area contributed by atoms with E-state index in [9.17, 15) is 14.7 Å². The van der Waals surface area contributed by atoms with E-state index in [1.54, 1.807) is 37.4 Å². The zero-order valence-electron chi connectivity index (χ0n) is 18.9. The first-order valence-electron chi connectivity index (χ1n) is 10.5. The van der Waals surface area contributed by atoms with Crippen LogP contribution in [-0.4, -0.2) is 35.9 Å². The number of rotatable bonds is 6. The standard InChI is InChI=1S/C26H25NO6/c1-15-12-16(2)25(32-4)19(13-15)23(28)21-22(20-6-5-11-33-20)27(26(30)24(21)29)14-17-7-9-18(31-3)10-8-17/h5-13,22,28H,14H2,1-4H3/b23-21-. The molecule has 7 nitrogen and oxygen atoms in total. The molecule has 1 aromatic heterocycles. The van der Waals surface area contributed by atoms with Crippen molar-refractivity contribution in [1.29, 1.82) is 0 Å². The lowest BCUT2D eigenvalue weighted by molar-refractivity contribution is -0.140. The average molecular weight is 447 g/mol. The molecule has 0 aliphatic carbocycles. The second-order valence-corrected chi connectivity index (χ2v) is 7.95. The quantitative estimate of drug-likeness (QED) is 0.339. The summed E-state index contributed by atoms with van der Waals surface area (Å²) in [7, 11) is 3.08. The van der Waals surface area contributed by atoms with Crippen LogP contribution in [0.15, 0.2) is 64.8 Å². The Balaban J connectivity index is 1.86. The molecule has 1 fully saturated rings. The van der Waals surface area contributed by atoms with Gasteiger partial charge in [-0.3, -0.25) is 9.59 Å². The van der Waals surface area contributed by atoms with E-state index in [1.807, 2.05) is 32.0 Å². The smallest absolute Gasteiger partial charge is 0.296 e. The third-order valence-electron chi connectivity index (χ3n) is 5.74. The fourth-order valence-electron chi connectivity index (χ4n) is 4.26. The van der Waals surface area contributed by atoms with Gasteiger partial charge in [-0.2, -0.15) is 0 Å². The van der Waals surface area contributed by atoms with Gasteiger partial charge in [-0.1, -0.05) is 18.2 Å². The largest absolute Gasteiger partial charge is 0.507 e. The van der Waals surface area contributed by atoms with E-state index in [2.05, 4.69) is 0 Å².